The van der Waals surface area contributed by atoms with E-state index in [-0.39, 0.29) is 42.3 Å². The highest BCUT2D eigenvalue weighted by molar-refractivity contribution is 5.73. The van der Waals surface area contributed by atoms with E-state index in [2.05, 4.69) is 50.3 Å². The minimum Gasteiger partial charge on any atom is -0.422 e. The van der Waals surface area contributed by atoms with Crippen LogP contribution >= 0.6 is 0 Å². The minimum absolute atomic E-state index is 0.144. The summed E-state index contributed by atoms with van der Waals surface area (Å²) in [4.78, 5) is 29.3. The Kier molecular flexibility index (Phi) is 20.2. The number of ether oxygens (including phenoxy) is 4. The molecule has 2 fully saturated rings. The maximum atomic E-state index is 12.0. The number of hydrogen-bond acceptors (Lipinski definition) is 10. The lowest BCUT2D eigenvalue weighted by atomic mass is 9.80. The first-order valence-electron chi connectivity index (χ1n) is 16.2. The van der Waals surface area contributed by atoms with Crippen LogP contribution in [0.5, 0.6) is 0 Å². The molecule has 2 N–H and O–H groups in total. The highest BCUT2D eigenvalue weighted by atomic mass is 16.6. The zero-order valence-corrected chi connectivity index (χ0v) is 30.4. The normalized spacial score (nSPS) is 28.8. The van der Waals surface area contributed by atoms with Gasteiger partial charge in [-0.2, -0.15) is 0 Å². The van der Waals surface area contributed by atoms with Gasteiger partial charge in [-0.15, -0.1) is 0 Å². The Labute approximate surface area is 273 Å². The average molecular weight is 644 g/mol. The monoisotopic (exact) mass is 643 g/mol. The number of carbonyl (C=O) groups excluding carboxylic acids is 2. The number of rotatable bonds is 13. The van der Waals surface area contributed by atoms with Gasteiger partial charge in [-0.1, -0.05) is 45.9 Å². The second-order valence-corrected chi connectivity index (χ2v) is 12.5. The molecule has 11 nitrogen and oxygen atoms in total. The van der Waals surface area contributed by atoms with E-state index < -0.39 is 11.9 Å². The molecule has 3 heterocycles. The number of allylic oxidation sites excluding steroid dienone is 1. The molecule has 0 aromatic heterocycles. The van der Waals surface area contributed by atoms with Crippen molar-refractivity contribution in [1.82, 2.24) is 14.7 Å². The Morgan fingerprint density at radius 3 is 2.29 bits per heavy atom. The number of aliphatic hydroxyl groups excluding tert-OH is 2. The number of hydrogen-bond donors (Lipinski definition) is 2. The number of cyclic esters (lactones) is 1. The van der Waals surface area contributed by atoms with Gasteiger partial charge in [0, 0.05) is 51.8 Å². The van der Waals surface area contributed by atoms with Crippen LogP contribution in [0, 0.1) is 11.8 Å². The van der Waals surface area contributed by atoms with Crippen molar-refractivity contribution in [1.29, 1.82) is 0 Å². The SMILES string of the molecule is C=C(C(C)C=O)[C@H](C)C[C@@](C)(C[C@@H]1C(CN2C(=O)OC2COC)=CC(C)N1C)OC.CC.CC1CC(N(C)C)CC(O)O1.CO. The number of aliphatic hydroxyl groups is 2. The molecule has 0 aromatic rings. The molecule has 3 aliphatic heterocycles. The fraction of sp³-hybridized carbons (Fsp3) is 0.824. The van der Waals surface area contributed by atoms with Crippen LogP contribution in [-0.4, -0.2) is 135 Å². The summed E-state index contributed by atoms with van der Waals surface area (Å²) in [7, 11) is 10.5. The number of likely N-dealkylation sites (N-methyl/N-ethyl adjacent to an activating group) is 1. The van der Waals surface area contributed by atoms with Gasteiger partial charge in [0.25, 0.3) is 0 Å². The quantitative estimate of drug-likeness (QED) is 0.222. The number of nitrogens with zero attached hydrogens (tertiary/aromatic N) is 3. The van der Waals surface area contributed by atoms with Gasteiger partial charge in [0.15, 0.2) is 6.29 Å². The van der Waals surface area contributed by atoms with Crippen molar-refractivity contribution < 1.29 is 38.7 Å². The first-order valence-corrected chi connectivity index (χ1v) is 16.2. The highest BCUT2D eigenvalue weighted by Gasteiger charge is 2.43. The Morgan fingerprint density at radius 1 is 1.22 bits per heavy atom. The maximum Gasteiger partial charge on any atom is 0.415 e. The Balaban J connectivity index is 0.00000107. The van der Waals surface area contributed by atoms with Gasteiger partial charge in [-0.25, -0.2) is 4.79 Å². The van der Waals surface area contributed by atoms with Crippen molar-refractivity contribution in [3.63, 3.8) is 0 Å². The van der Waals surface area contributed by atoms with Crippen LogP contribution in [-0.2, 0) is 23.7 Å². The molecule has 0 saturated carbocycles. The first-order chi connectivity index (χ1) is 21.2. The van der Waals surface area contributed by atoms with E-state index in [0.29, 0.717) is 19.2 Å². The van der Waals surface area contributed by atoms with Gasteiger partial charge in [-0.05, 0) is 72.7 Å². The molecule has 3 rings (SSSR count). The fourth-order valence-electron chi connectivity index (χ4n) is 5.95. The summed E-state index contributed by atoms with van der Waals surface area (Å²) in [6.45, 7) is 19.3. The maximum absolute atomic E-state index is 12.0. The first kappa shape index (κ1) is 43.1. The lowest BCUT2D eigenvalue weighted by Gasteiger charge is -2.42. The molecule has 1 amide bonds. The second-order valence-electron chi connectivity index (χ2n) is 12.5. The molecule has 9 atom stereocenters. The van der Waals surface area contributed by atoms with E-state index in [1.165, 1.54) is 5.57 Å². The molecule has 264 valence electrons. The number of methoxy groups -OCH3 is 2. The van der Waals surface area contributed by atoms with Crippen LogP contribution in [0.15, 0.2) is 23.8 Å². The Morgan fingerprint density at radius 2 is 1.82 bits per heavy atom. The summed E-state index contributed by atoms with van der Waals surface area (Å²) in [6, 6.07) is 0.881. The van der Waals surface area contributed by atoms with Gasteiger partial charge in [0.05, 0.1) is 18.2 Å². The second kappa shape index (κ2) is 21.1. The van der Waals surface area contributed by atoms with E-state index in [9.17, 15) is 14.7 Å². The standard InChI is InChI=1S/C23H38N2O5.C8H17NO2.C2H6.CH4O/c1-15(18(4)16(2)13-26)10-23(5,29-8)11-20-19(9-17(3)24(20)6)12-25-21(14-28-7)30-22(25)27;1-6-4-7(9(2)3)5-8(10)11-6;2*1-2/h9,13,15-17,20-21H,4,10-12,14H2,1-3,5-8H3;6-8,10H,4-5H2,1-3H3;1-2H3;2H,1H3/t15-,16?,17?,20-,21?,23+;;;/m1.../s1. The Hall–Kier alpha value is -1.86. The largest absolute Gasteiger partial charge is 0.422 e. The van der Waals surface area contributed by atoms with Crippen LogP contribution in [0.3, 0.4) is 0 Å². The average Bonchev–Trinajstić information content (AvgIpc) is 3.27. The number of carbonyl (C=O) groups is 2. The van der Waals surface area contributed by atoms with Crippen molar-refractivity contribution in [2.75, 3.05) is 55.6 Å². The predicted molar refractivity (Wildman–Crippen MR) is 179 cm³/mol. The van der Waals surface area contributed by atoms with Crippen LogP contribution in [0.2, 0.25) is 0 Å². The summed E-state index contributed by atoms with van der Waals surface area (Å²) in [5.41, 5.74) is 1.73. The van der Waals surface area contributed by atoms with Crippen molar-refractivity contribution in [3.05, 3.63) is 23.8 Å². The molecule has 3 aliphatic rings. The third-order valence-electron chi connectivity index (χ3n) is 8.97. The van der Waals surface area contributed by atoms with Crippen LogP contribution in [0.1, 0.15) is 74.1 Å². The third-order valence-corrected chi connectivity index (χ3v) is 8.97. The number of amides is 1. The van der Waals surface area contributed by atoms with Gasteiger partial charge < -0.3 is 38.9 Å². The molecule has 0 spiro atoms. The summed E-state index contributed by atoms with van der Waals surface area (Å²) >= 11 is 0. The lowest BCUT2D eigenvalue weighted by molar-refractivity contribution is -0.172. The molecule has 11 heteroatoms. The molecule has 2 saturated heterocycles. The topological polar surface area (TPSA) is 121 Å². The molecule has 0 bridgehead atoms. The summed E-state index contributed by atoms with van der Waals surface area (Å²) in [5, 5.41) is 16.2. The number of aldehydes is 1. The van der Waals surface area contributed by atoms with Crippen molar-refractivity contribution >= 4 is 12.4 Å². The molecule has 45 heavy (non-hydrogen) atoms. The third kappa shape index (κ3) is 13.0. The van der Waals surface area contributed by atoms with Crippen LogP contribution < -0.4 is 0 Å². The molecule has 6 unspecified atom stereocenters. The molecule has 0 aliphatic carbocycles. The summed E-state index contributed by atoms with van der Waals surface area (Å²) in [5.74, 6) is -0.0101. The van der Waals surface area contributed by atoms with Gasteiger partial charge in [0.2, 0.25) is 6.23 Å². The van der Waals surface area contributed by atoms with E-state index in [4.69, 9.17) is 24.1 Å². The summed E-state index contributed by atoms with van der Waals surface area (Å²) in [6.07, 6.45) is 5.46. The van der Waals surface area contributed by atoms with Crippen LogP contribution in [0.4, 0.5) is 4.79 Å². The van der Waals surface area contributed by atoms with Gasteiger partial charge in [0.1, 0.15) is 12.9 Å². The van der Waals surface area contributed by atoms with E-state index >= 15 is 0 Å². The van der Waals surface area contributed by atoms with Gasteiger partial charge >= 0.3 is 6.09 Å². The van der Waals surface area contributed by atoms with Crippen molar-refractivity contribution in [2.45, 2.75) is 116 Å². The molecular formula is C34H65N3O8. The van der Waals surface area contributed by atoms with E-state index in [1.54, 1.807) is 19.1 Å². The van der Waals surface area contributed by atoms with Gasteiger partial charge in [-0.3, -0.25) is 9.80 Å². The van der Waals surface area contributed by atoms with Crippen molar-refractivity contribution in [3.8, 4) is 0 Å². The zero-order chi connectivity index (χ0) is 35.1. The predicted octanol–water partition coefficient (Wildman–Crippen LogP) is 4.32. The van der Waals surface area contributed by atoms with Crippen LogP contribution in [0.25, 0.3) is 0 Å². The summed E-state index contributed by atoms with van der Waals surface area (Å²) < 4.78 is 21.5. The highest BCUT2D eigenvalue weighted by Crippen LogP contribution is 2.37. The molecule has 0 aromatic carbocycles. The van der Waals surface area contributed by atoms with E-state index in [1.807, 2.05) is 41.8 Å². The van der Waals surface area contributed by atoms with Crippen molar-refractivity contribution in [2.24, 2.45) is 11.8 Å². The minimum atomic E-state index is -0.564. The smallest absolute Gasteiger partial charge is 0.415 e. The lowest BCUT2D eigenvalue weighted by Crippen LogP contribution is -2.57. The molecular weight excluding hydrogens is 578 g/mol. The zero-order valence-electron chi connectivity index (χ0n) is 30.4. The fourth-order valence-corrected chi connectivity index (χ4v) is 5.95. The Bertz CT molecular complexity index is 906. The molecule has 0 radical (unpaired) electrons. The van der Waals surface area contributed by atoms with E-state index in [0.717, 1.165) is 44.7 Å².